The Morgan fingerprint density at radius 1 is 1.09 bits per heavy atom. The van der Waals surface area contributed by atoms with E-state index in [4.69, 9.17) is 15.4 Å². The van der Waals surface area contributed by atoms with Crippen molar-refractivity contribution >= 4 is 48.1 Å². The Hall–Kier alpha value is -2.12. The third-order valence-corrected chi connectivity index (χ3v) is 4.14. The van der Waals surface area contributed by atoms with Crippen molar-refractivity contribution in [1.82, 2.24) is 0 Å². The first kappa shape index (κ1) is 16.3. The molecule has 0 radical (unpaired) electrons. The van der Waals surface area contributed by atoms with Gasteiger partial charge < -0.3 is 10.1 Å². The Morgan fingerprint density at radius 3 is 2.32 bits per heavy atom. The van der Waals surface area contributed by atoms with Gasteiger partial charge in [0.1, 0.15) is 4.90 Å². The monoisotopic (exact) mass is 341 g/mol. The predicted octanol–water partition coefficient (Wildman–Crippen LogP) is 2.65. The Labute approximate surface area is 131 Å². The molecule has 8 heteroatoms. The molecule has 116 valence electrons. The first-order valence-corrected chi connectivity index (χ1v) is 8.47. The zero-order chi connectivity index (χ0) is 16.5. The first-order valence-electron chi connectivity index (χ1n) is 6.16. The van der Waals surface area contributed by atoms with Gasteiger partial charge in [0, 0.05) is 41.0 Å². The largest absolute Gasteiger partial charge is 0.425 e. The van der Waals surface area contributed by atoms with Gasteiger partial charge in [0.25, 0.3) is 9.05 Å². The van der Waals surface area contributed by atoms with Crippen molar-refractivity contribution < 1.29 is 22.7 Å². The molecule has 0 aliphatic heterocycles. The van der Waals surface area contributed by atoms with Crippen molar-refractivity contribution in [3.63, 3.8) is 0 Å². The molecule has 2 rings (SSSR count). The number of hydrogen-bond donors (Lipinski definition) is 1. The van der Waals surface area contributed by atoms with Crippen molar-refractivity contribution in [3.8, 4) is 5.75 Å². The van der Waals surface area contributed by atoms with Crippen LogP contribution in [0, 0.1) is 0 Å². The minimum atomic E-state index is -4.10. The van der Waals surface area contributed by atoms with Crippen molar-refractivity contribution in [1.29, 1.82) is 0 Å². The Bertz CT molecular complexity index is 876. The lowest BCUT2D eigenvalue weighted by atomic mass is 10.1. The Balaban J connectivity index is 2.82. The van der Waals surface area contributed by atoms with E-state index >= 15 is 0 Å². The summed E-state index contributed by atoms with van der Waals surface area (Å²) in [5.41, 5.74) is 0.469. The molecule has 2 aromatic rings. The molecule has 0 fully saturated rings. The summed E-state index contributed by atoms with van der Waals surface area (Å²) in [6.45, 7) is 2.50. The molecule has 1 amide bonds. The fourth-order valence-corrected chi connectivity index (χ4v) is 3.02. The first-order chi connectivity index (χ1) is 10.2. The van der Waals surface area contributed by atoms with Crippen LogP contribution in [0.25, 0.3) is 10.8 Å². The molecular formula is C14H12ClNO5S. The summed E-state index contributed by atoms with van der Waals surface area (Å²) in [4.78, 5) is 22.2. The van der Waals surface area contributed by atoms with Crippen molar-refractivity contribution in [3.05, 3.63) is 30.3 Å². The zero-order valence-corrected chi connectivity index (χ0v) is 13.3. The lowest BCUT2D eigenvalue weighted by Crippen LogP contribution is -2.08. The van der Waals surface area contributed by atoms with Crippen LogP contribution in [-0.4, -0.2) is 20.3 Å². The van der Waals surface area contributed by atoms with E-state index in [1.165, 1.54) is 19.1 Å². The lowest BCUT2D eigenvalue weighted by molar-refractivity contribution is -0.132. The summed E-state index contributed by atoms with van der Waals surface area (Å²) < 4.78 is 28.3. The predicted molar refractivity (Wildman–Crippen MR) is 82.6 cm³/mol. The van der Waals surface area contributed by atoms with E-state index in [0.717, 1.165) is 6.92 Å². The van der Waals surface area contributed by atoms with Gasteiger partial charge in [0.15, 0.2) is 5.75 Å². The van der Waals surface area contributed by atoms with Crippen LogP contribution in [0.15, 0.2) is 35.2 Å². The second-order valence-corrected chi connectivity index (χ2v) is 7.04. The van der Waals surface area contributed by atoms with Gasteiger partial charge in [-0.3, -0.25) is 9.59 Å². The fraction of sp³-hybridized carbons (Fsp3) is 0.143. The van der Waals surface area contributed by atoms with E-state index in [1.54, 1.807) is 18.2 Å². The van der Waals surface area contributed by atoms with E-state index in [2.05, 4.69) is 5.32 Å². The molecule has 0 aliphatic carbocycles. The maximum absolute atomic E-state index is 11.6. The van der Waals surface area contributed by atoms with Gasteiger partial charge in [-0.1, -0.05) is 18.2 Å². The van der Waals surface area contributed by atoms with Crippen molar-refractivity contribution in [2.24, 2.45) is 0 Å². The van der Waals surface area contributed by atoms with Gasteiger partial charge in [-0.25, -0.2) is 8.42 Å². The minimum absolute atomic E-state index is 0.160. The normalized spacial score (nSPS) is 11.2. The standard InChI is InChI=1S/C14H12ClNO5S/c1-8(17)16-12-5-3-4-11-10(12)6-7-13(22(15,19)20)14(11)21-9(2)18/h3-7H,1-2H3,(H,16,17). The smallest absolute Gasteiger partial charge is 0.308 e. The topological polar surface area (TPSA) is 89.5 Å². The summed E-state index contributed by atoms with van der Waals surface area (Å²) in [6.07, 6.45) is 0. The molecule has 2 aromatic carbocycles. The van der Waals surface area contributed by atoms with Gasteiger partial charge in [0.2, 0.25) is 5.91 Å². The summed E-state index contributed by atoms with van der Waals surface area (Å²) in [5, 5.41) is 3.50. The number of esters is 1. The van der Waals surface area contributed by atoms with E-state index in [0.29, 0.717) is 16.5 Å². The summed E-state index contributed by atoms with van der Waals surface area (Å²) >= 11 is 0. The average molecular weight is 342 g/mol. The van der Waals surface area contributed by atoms with Crippen LogP contribution < -0.4 is 10.1 Å². The third kappa shape index (κ3) is 3.37. The summed E-state index contributed by atoms with van der Waals surface area (Å²) in [7, 11) is 1.28. The fourth-order valence-electron chi connectivity index (χ4n) is 2.05. The Morgan fingerprint density at radius 2 is 1.77 bits per heavy atom. The molecule has 0 heterocycles. The summed E-state index contributed by atoms with van der Waals surface area (Å²) in [6, 6.07) is 7.54. The molecule has 22 heavy (non-hydrogen) atoms. The highest BCUT2D eigenvalue weighted by Gasteiger charge is 2.21. The zero-order valence-electron chi connectivity index (χ0n) is 11.7. The number of benzene rings is 2. The molecule has 0 saturated carbocycles. The van der Waals surface area contributed by atoms with Crippen molar-refractivity contribution in [2.75, 3.05) is 5.32 Å². The van der Waals surface area contributed by atoms with Crippen LogP contribution in [0.5, 0.6) is 5.75 Å². The van der Waals surface area contributed by atoms with Crippen molar-refractivity contribution in [2.45, 2.75) is 18.7 Å². The van der Waals surface area contributed by atoms with E-state index in [9.17, 15) is 18.0 Å². The quantitative estimate of drug-likeness (QED) is 0.526. The number of rotatable bonds is 3. The van der Waals surface area contributed by atoms with Crippen LogP contribution in [-0.2, 0) is 18.6 Å². The van der Waals surface area contributed by atoms with Crippen LogP contribution in [0.3, 0.4) is 0 Å². The Kier molecular flexibility index (Phi) is 4.39. The van der Waals surface area contributed by atoms with Gasteiger partial charge in [-0.05, 0) is 12.1 Å². The van der Waals surface area contributed by atoms with Crippen LogP contribution in [0.2, 0.25) is 0 Å². The molecule has 6 nitrogen and oxygen atoms in total. The van der Waals surface area contributed by atoms with Gasteiger partial charge >= 0.3 is 5.97 Å². The number of amides is 1. The molecule has 0 aromatic heterocycles. The average Bonchev–Trinajstić information content (AvgIpc) is 2.37. The SMILES string of the molecule is CC(=O)Nc1cccc2c(OC(C)=O)c(S(=O)(=O)Cl)ccc12. The highest BCUT2D eigenvalue weighted by Crippen LogP contribution is 2.37. The number of nitrogens with one attached hydrogen (secondary N) is 1. The molecule has 0 aliphatic rings. The molecule has 0 saturated heterocycles. The maximum atomic E-state index is 11.6. The van der Waals surface area contributed by atoms with Crippen LogP contribution >= 0.6 is 10.7 Å². The van der Waals surface area contributed by atoms with Crippen LogP contribution in [0.1, 0.15) is 13.8 Å². The highest BCUT2D eigenvalue weighted by atomic mass is 35.7. The number of fused-ring (bicyclic) bond motifs is 1. The minimum Gasteiger partial charge on any atom is -0.425 e. The van der Waals surface area contributed by atoms with E-state index < -0.39 is 15.0 Å². The van der Waals surface area contributed by atoms with Gasteiger partial charge in [-0.15, -0.1) is 0 Å². The van der Waals surface area contributed by atoms with E-state index in [1.807, 2.05) is 0 Å². The molecule has 1 N–H and O–H groups in total. The summed E-state index contributed by atoms with van der Waals surface area (Å²) in [5.74, 6) is -1.12. The number of halogens is 1. The molecule has 0 atom stereocenters. The van der Waals surface area contributed by atoms with E-state index in [-0.39, 0.29) is 16.6 Å². The third-order valence-electron chi connectivity index (χ3n) is 2.80. The molecule has 0 spiro atoms. The lowest BCUT2D eigenvalue weighted by Gasteiger charge is -2.13. The maximum Gasteiger partial charge on any atom is 0.308 e. The second-order valence-electron chi connectivity index (χ2n) is 4.51. The van der Waals surface area contributed by atoms with Gasteiger partial charge in [0.05, 0.1) is 0 Å². The van der Waals surface area contributed by atoms with Crippen LogP contribution in [0.4, 0.5) is 5.69 Å². The molecule has 0 bridgehead atoms. The molecular weight excluding hydrogens is 330 g/mol. The van der Waals surface area contributed by atoms with Gasteiger partial charge in [-0.2, -0.15) is 0 Å². The number of anilines is 1. The highest BCUT2D eigenvalue weighted by molar-refractivity contribution is 8.13. The number of carbonyl (C=O) groups excluding carboxylic acids is 2. The number of ether oxygens (including phenoxy) is 1. The second kappa shape index (κ2) is 5.94. The number of carbonyl (C=O) groups is 2. The number of hydrogen-bond acceptors (Lipinski definition) is 5. The molecule has 0 unspecified atom stereocenters.